The van der Waals surface area contributed by atoms with Crippen LogP contribution >= 0.6 is 0 Å². The Hall–Kier alpha value is -1.41. The van der Waals surface area contributed by atoms with Crippen molar-refractivity contribution < 1.29 is 0 Å². The molecule has 0 spiro atoms. The highest BCUT2D eigenvalue weighted by molar-refractivity contribution is 5.08. The van der Waals surface area contributed by atoms with Crippen molar-refractivity contribution in [1.29, 1.82) is 0 Å². The second kappa shape index (κ2) is 41.2. The van der Waals surface area contributed by atoms with Gasteiger partial charge in [0.25, 0.3) is 0 Å². The summed E-state index contributed by atoms with van der Waals surface area (Å²) >= 11 is 0. The average molecular weight is 1350 g/mol. The van der Waals surface area contributed by atoms with Crippen molar-refractivity contribution in [1.82, 2.24) is 65.5 Å². The summed E-state index contributed by atoms with van der Waals surface area (Å²) in [5.74, 6) is 5.02. The van der Waals surface area contributed by atoms with E-state index >= 15 is 0 Å². The standard InChI is InChI=1S/C12H26N2.C10H20N2.3C10H22N2.C10H16N2.C10H21N.C9H20N2/c1-11(2,3)14-8-7-10(9-14)12(4,5)13-6;1-8(2)12-6-9-4-3-5-11-10(9)7-12;1-10(2,3)12-7-6-9(8-12)11(4)5;1-10(2,3)12-6-5-9(8-12)7-11-4;1-8(11)9-5-6-12(7-9)10(2,3)4;1-10(2,3)12-8-9-5-4-6-11-7-9;1-5-9-6-7-11(8-9)10(2,3)4;1-9(2,3)11-5-4-8(6-10)7-11/h10,13H,7-9H2,1-6H3;8-11H,3-7H2,1-2H3;9H,6-8H2,1-5H3;9,11H,5-8H2,1-4H3;8-9H,5-7,11H2,1-4H3;4-7,12H,8H2,1-3H3;9H,5-8H2,1-4H3;8H,4-7,10H2,1-3H3. The van der Waals surface area contributed by atoms with Crippen LogP contribution in [0.3, 0.4) is 0 Å². The number of nitrogens with zero attached hydrogens (tertiary/aromatic N) is 9. The molecule has 0 amide bonds. The number of likely N-dealkylation sites (tertiary alicyclic amines) is 7. The van der Waals surface area contributed by atoms with Crippen molar-refractivity contribution in [3.63, 3.8) is 0 Å². The summed E-state index contributed by atoms with van der Waals surface area (Å²) in [5.41, 5.74) is 15.3. The van der Waals surface area contributed by atoms with Crippen LogP contribution in [0.5, 0.6) is 0 Å². The number of piperidine rings is 1. The zero-order chi connectivity index (χ0) is 73.4. The number of hydrogen-bond acceptors (Lipinski definition) is 15. The van der Waals surface area contributed by atoms with E-state index in [9.17, 15) is 0 Å². The fourth-order valence-electron chi connectivity index (χ4n) is 14.4. The first kappa shape index (κ1) is 90.7. The minimum absolute atomic E-state index is 0.176. The van der Waals surface area contributed by atoms with Gasteiger partial charge in [-0.2, -0.15) is 0 Å². The minimum atomic E-state index is 0.176. The van der Waals surface area contributed by atoms with Crippen LogP contribution in [0.25, 0.3) is 0 Å². The van der Waals surface area contributed by atoms with Gasteiger partial charge < -0.3 is 37.6 Å². The van der Waals surface area contributed by atoms with Crippen molar-refractivity contribution in [2.75, 3.05) is 139 Å². The number of aromatic nitrogens is 1. The molecule has 9 heterocycles. The molecule has 0 saturated carbocycles. The van der Waals surface area contributed by atoms with E-state index in [0.717, 1.165) is 60.8 Å². The van der Waals surface area contributed by atoms with Crippen molar-refractivity contribution >= 4 is 0 Å². The maximum atomic E-state index is 5.88. The Kier molecular flexibility index (Phi) is 38.9. The van der Waals surface area contributed by atoms with Gasteiger partial charge in [0, 0.05) is 146 Å². The first-order valence-corrected chi connectivity index (χ1v) is 39.1. The third-order valence-electron chi connectivity index (χ3n) is 22.6. The highest BCUT2D eigenvalue weighted by Crippen LogP contribution is 2.33. The molecule has 0 bridgehead atoms. The molecular formula is C81H169N15. The zero-order valence-electron chi connectivity index (χ0n) is 69.9. The van der Waals surface area contributed by atoms with Crippen molar-refractivity contribution in [2.24, 2.45) is 47.0 Å². The lowest BCUT2D eigenvalue weighted by Crippen LogP contribution is -2.47. The Balaban J connectivity index is 0.000000374. The number of pyridine rings is 1. The van der Waals surface area contributed by atoms with E-state index in [1.54, 1.807) is 6.20 Å². The lowest BCUT2D eigenvalue weighted by Gasteiger charge is -2.35. The van der Waals surface area contributed by atoms with Gasteiger partial charge in [0.1, 0.15) is 0 Å². The summed E-state index contributed by atoms with van der Waals surface area (Å²) in [7, 11) is 8.47. The monoisotopic (exact) mass is 1350 g/mol. The highest BCUT2D eigenvalue weighted by atomic mass is 15.3. The molecule has 568 valence electrons. The van der Waals surface area contributed by atoms with Gasteiger partial charge in [-0.3, -0.25) is 39.3 Å². The summed E-state index contributed by atoms with van der Waals surface area (Å²) in [6, 6.07) is 6.70. The first-order chi connectivity index (χ1) is 44.1. The van der Waals surface area contributed by atoms with Gasteiger partial charge in [0.2, 0.25) is 0 Å². The van der Waals surface area contributed by atoms with Gasteiger partial charge in [-0.05, 0) is 359 Å². The zero-order valence-corrected chi connectivity index (χ0v) is 69.9. The molecular weight excluding hydrogens is 1180 g/mol. The third kappa shape index (κ3) is 34.7. The molecule has 8 fully saturated rings. The number of nitrogens with two attached hydrogens (primary N) is 2. The van der Waals surface area contributed by atoms with Crippen LogP contribution < -0.4 is 32.7 Å². The average Bonchev–Trinajstić information content (AvgIpc) is 1.73. The lowest BCUT2D eigenvalue weighted by atomic mass is 9.87. The van der Waals surface area contributed by atoms with Gasteiger partial charge in [0.15, 0.2) is 0 Å². The van der Waals surface area contributed by atoms with E-state index in [0.29, 0.717) is 45.2 Å². The van der Waals surface area contributed by atoms with Gasteiger partial charge in [0.05, 0.1) is 0 Å². The number of likely N-dealkylation sites (N-methyl/N-ethyl adjacent to an activating group) is 1. The van der Waals surface area contributed by atoms with Gasteiger partial charge in [-0.1, -0.05) is 19.4 Å². The molecule has 0 radical (unpaired) electrons. The molecule has 1 aromatic rings. The molecule has 9 unspecified atom stereocenters. The summed E-state index contributed by atoms with van der Waals surface area (Å²) in [5, 5.41) is 13.7. The van der Waals surface area contributed by atoms with Crippen LogP contribution in [-0.2, 0) is 6.54 Å². The topological polar surface area (TPSA) is 139 Å². The van der Waals surface area contributed by atoms with Crippen LogP contribution in [0.4, 0.5) is 0 Å². The molecule has 15 nitrogen and oxygen atoms in total. The molecule has 9 rings (SSSR count). The molecule has 0 aromatic carbocycles. The smallest absolute Gasteiger partial charge is 0.0312 e. The predicted molar refractivity (Wildman–Crippen MR) is 423 cm³/mol. The second-order valence-corrected chi connectivity index (χ2v) is 38.6. The molecule has 8 saturated heterocycles. The molecule has 8 aliphatic heterocycles. The molecule has 1 aromatic heterocycles. The lowest BCUT2D eigenvalue weighted by molar-refractivity contribution is 0.154. The van der Waals surface area contributed by atoms with Crippen LogP contribution in [0.2, 0.25) is 0 Å². The molecule has 96 heavy (non-hydrogen) atoms. The Morgan fingerprint density at radius 2 is 1.02 bits per heavy atom. The van der Waals surface area contributed by atoms with Crippen molar-refractivity contribution in [3.8, 4) is 0 Å². The fraction of sp³-hybridized carbons (Fsp3) is 0.938. The summed E-state index contributed by atoms with van der Waals surface area (Å²) in [6.45, 7) is 83.1. The van der Waals surface area contributed by atoms with E-state index in [1.807, 2.05) is 19.3 Å². The Morgan fingerprint density at radius 3 is 1.38 bits per heavy atom. The van der Waals surface area contributed by atoms with E-state index in [-0.39, 0.29) is 11.1 Å². The molecule has 8 N–H and O–H groups in total. The Morgan fingerprint density at radius 1 is 0.562 bits per heavy atom. The van der Waals surface area contributed by atoms with Gasteiger partial charge in [-0.25, -0.2) is 0 Å². The SMILES string of the molecule is CC(C)(C)N1CCC(CN)C1.CC(C)(C)NCc1cccnc1.CC(C)N1CC2CCCNC2C1.CC(N)C1CCN(C(C)(C)C)C1.CCC1CCN(C(C)(C)C)C1.CN(C)C1CCN(C(C)(C)C)C1.CNC(C)(C)C1CCN(C(C)(C)C)C1.CNCC1CCN(C(C)(C)C)C1. The molecule has 9 atom stereocenters. The Labute approximate surface area is 598 Å². The van der Waals surface area contributed by atoms with E-state index < -0.39 is 0 Å². The maximum Gasteiger partial charge on any atom is 0.0312 e. The third-order valence-corrected chi connectivity index (χ3v) is 22.6. The first-order valence-electron chi connectivity index (χ1n) is 39.1. The number of nitrogens with one attached hydrogen (secondary N) is 4. The van der Waals surface area contributed by atoms with Crippen molar-refractivity contribution in [2.45, 2.75) is 320 Å². The van der Waals surface area contributed by atoms with Crippen LogP contribution in [0, 0.1) is 35.5 Å². The van der Waals surface area contributed by atoms with Gasteiger partial charge >= 0.3 is 0 Å². The van der Waals surface area contributed by atoms with E-state index in [1.165, 1.54) is 168 Å². The quantitative estimate of drug-likeness (QED) is 0.125. The second-order valence-electron chi connectivity index (χ2n) is 38.6. The molecule has 0 aliphatic carbocycles. The van der Waals surface area contributed by atoms with Crippen LogP contribution in [-0.4, -0.2) is 252 Å². The molecule has 8 aliphatic rings. The largest absolute Gasteiger partial charge is 0.330 e. The molecule has 15 heteroatoms. The van der Waals surface area contributed by atoms with Gasteiger partial charge in [-0.15, -0.1) is 0 Å². The predicted octanol–water partition coefficient (Wildman–Crippen LogP) is 12.9. The number of hydrogen-bond donors (Lipinski definition) is 6. The Bertz CT molecular complexity index is 2070. The van der Waals surface area contributed by atoms with Crippen LogP contribution in [0.15, 0.2) is 24.5 Å². The van der Waals surface area contributed by atoms with E-state index in [4.69, 9.17) is 11.5 Å². The number of rotatable bonds is 11. The summed E-state index contributed by atoms with van der Waals surface area (Å²) < 4.78 is 0. The van der Waals surface area contributed by atoms with Crippen molar-refractivity contribution in [3.05, 3.63) is 30.1 Å². The maximum absolute atomic E-state index is 5.88. The highest BCUT2D eigenvalue weighted by Gasteiger charge is 2.39. The summed E-state index contributed by atoms with van der Waals surface area (Å²) in [6.07, 6.45) is 15.8. The number of fused-ring (bicyclic) bond motifs is 1. The summed E-state index contributed by atoms with van der Waals surface area (Å²) in [4.78, 5) is 24.4. The fourth-order valence-corrected chi connectivity index (χ4v) is 14.4. The van der Waals surface area contributed by atoms with E-state index in [2.05, 4.69) is 280 Å². The van der Waals surface area contributed by atoms with Crippen LogP contribution in [0.1, 0.15) is 250 Å². The normalized spacial score (nSPS) is 26.6. The minimum Gasteiger partial charge on any atom is -0.330 e.